The number of rotatable bonds is 30. The Balaban J connectivity index is 0.000000184. The molecule has 9 aromatic rings. The second-order valence-electron chi connectivity index (χ2n) is 26.6. The van der Waals surface area contributed by atoms with Crippen LogP contribution in [0.15, 0.2) is 180 Å². The molecule has 0 saturated heterocycles. The number of benzene rings is 6. The number of pyridine rings is 2. The first-order valence-electron chi connectivity index (χ1n) is 35.6. The van der Waals surface area contributed by atoms with Crippen molar-refractivity contribution in [3.8, 4) is 34.5 Å². The predicted molar refractivity (Wildman–Crippen MR) is 438 cm³/mol. The van der Waals surface area contributed by atoms with Crippen LogP contribution in [0, 0.1) is 17.5 Å². The SMILES string of the molecule is COc1cc(/C=C2/C(C)=C(CC(=O)NCc3ccccn3)c3cc(F)ccc32)cc(OC)c1SCP(=O)(O)O.COc1cc(/C=C2/C(C)=C(CC(=O)Nc3cnccn3)c3cc(F)ccc32)cc(OC)c1NCP(=O)(O)O.COc1cc(CC2C(C)=C(CC(=O)NCc3cccnc3)c3cc(F)ccc32)cc(OC)c1NCP(=O)(O)O. The topological polar surface area (TPSA) is 391 Å². The van der Waals surface area contributed by atoms with Gasteiger partial charge in [0.1, 0.15) is 81.4 Å². The van der Waals surface area contributed by atoms with Gasteiger partial charge in [-0.1, -0.05) is 35.9 Å². The maximum absolute atomic E-state index is 14.3. The first-order chi connectivity index (χ1) is 55.3. The number of hydrogen-bond donors (Lipinski definition) is 11. The van der Waals surface area contributed by atoms with Gasteiger partial charge in [-0.05, 0) is 225 Å². The van der Waals surface area contributed by atoms with E-state index in [4.69, 9.17) is 28.4 Å². The average Bonchev–Trinajstić information content (AvgIpc) is 1.62. The van der Waals surface area contributed by atoms with Crippen molar-refractivity contribution >= 4 is 109 Å². The number of aromatic nitrogens is 4. The van der Waals surface area contributed by atoms with E-state index in [0.29, 0.717) is 103 Å². The summed E-state index contributed by atoms with van der Waals surface area (Å²) in [5.74, 6) is 0.449. The summed E-state index contributed by atoms with van der Waals surface area (Å²) in [5, 5.41) is 13.9. The summed E-state index contributed by atoms with van der Waals surface area (Å²) in [7, 11) is -4.18. The van der Waals surface area contributed by atoms with Crippen LogP contribution in [0.1, 0.15) is 107 Å². The van der Waals surface area contributed by atoms with Crippen LogP contribution in [0.4, 0.5) is 30.4 Å². The summed E-state index contributed by atoms with van der Waals surface area (Å²) < 4.78 is 110. The number of fused-ring (bicyclic) bond motifs is 3. The van der Waals surface area contributed by atoms with E-state index in [-0.39, 0.29) is 55.3 Å². The summed E-state index contributed by atoms with van der Waals surface area (Å²) in [5.41, 5.74) is 14.9. The first-order valence-corrected chi connectivity index (χ1v) is 42.0. The minimum atomic E-state index is -4.33. The smallest absolute Gasteiger partial charge is 0.344 e. The van der Waals surface area contributed by atoms with Gasteiger partial charge in [-0.3, -0.25) is 43.0 Å². The number of nitrogens with one attached hydrogen (secondary N) is 5. The summed E-state index contributed by atoms with van der Waals surface area (Å²) in [6.07, 6.45) is 12.7. The molecule has 3 aromatic heterocycles. The van der Waals surface area contributed by atoms with Crippen molar-refractivity contribution in [2.24, 2.45) is 0 Å². The van der Waals surface area contributed by atoms with Gasteiger partial charge in [0.15, 0.2) is 5.82 Å². The van der Waals surface area contributed by atoms with Crippen molar-refractivity contribution in [1.82, 2.24) is 30.6 Å². The molecule has 0 spiro atoms. The standard InChI is InChI=1S/C28H31FN3O6P.C28H28FN2O6PS.C26H26FN4O6P/c1-17-22(9-19-10-25(37-2)28(26(11-19)38-3)32-16-39(34,35)36)21-7-6-20(29)12-24(21)23(17)13-27(33)31-15-18-5-4-8-30-14-18;1-17-22(10-18-11-25(36-2)28(26(12-18)37-3)39-16-38(33,34)35)21-8-7-19(29)13-24(21)23(17)14-27(32)31-15-20-6-4-5-9-30-20;1-15-19(8-16-9-22(36-2)26(23(10-16)37-3)30-14-38(33,34)35)18-5-4-17(27)11-21(18)20(15)12-25(32)31-24-13-28-6-7-29-24/h4-8,10-12,14,22,32H,9,13,15-16H2,1-3H3,(H,31,33)(H2,34,35,36);4-13H,14-16H2,1-3H3,(H,31,32)(H2,33,34,35);4-11,13,30H,12,14H2,1-3H3,(H,29,31,32)(H2,33,34,35)/b;22-10-;19-8-. The number of thioether (sulfide) groups is 1. The van der Waals surface area contributed by atoms with Crippen LogP contribution < -0.4 is 55.0 Å². The van der Waals surface area contributed by atoms with E-state index in [9.17, 15) is 70.6 Å². The molecular formula is C82H85F3N9O18P3S. The lowest BCUT2D eigenvalue weighted by molar-refractivity contribution is -0.121. The van der Waals surface area contributed by atoms with E-state index in [1.54, 1.807) is 85.3 Å². The first kappa shape index (κ1) is 87.2. The van der Waals surface area contributed by atoms with E-state index in [1.807, 2.05) is 51.1 Å². The van der Waals surface area contributed by atoms with E-state index in [2.05, 4.69) is 46.5 Å². The van der Waals surface area contributed by atoms with Crippen LogP contribution in [0.2, 0.25) is 0 Å². The molecule has 3 heterocycles. The number of anilines is 3. The number of nitrogens with zero attached hydrogens (tertiary/aromatic N) is 4. The molecule has 34 heteroatoms. The lowest BCUT2D eigenvalue weighted by Crippen LogP contribution is -2.23. The Morgan fingerprint density at radius 1 is 0.483 bits per heavy atom. The van der Waals surface area contributed by atoms with Crippen LogP contribution >= 0.6 is 34.5 Å². The van der Waals surface area contributed by atoms with Crippen LogP contribution in [0.5, 0.6) is 34.5 Å². The van der Waals surface area contributed by atoms with Crippen molar-refractivity contribution in [3.05, 3.63) is 254 Å². The van der Waals surface area contributed by atoms with Crippen LogP contribution in [-0.2, 0) is 47.6 Å². The molecule has 12 rings (SSSR count). The molecule has 1 atom stereocenters. The second kappa shape index (κ2) is 39.0. The molecule has 0 saturated carbocycles. The third kappa shape index (κ3) is 22.9. The Morgan fingerprint density at radius 3 is 1.44 bits per heavy atom. The fourth-order valence-corrected chi connectivity index (χ4v) is 15.9. The zero-order valence-electron chi connectivity index (χ0n) is 64.4. The molecule has 11 N–H and O–H groups in total. The third-order valence-electron chi connectivity index (χ3n) is 18.8. The molecule has 0 radical (unpaired) electrons. The Morgan fingerprint density at radius 2 is 0.966 bits per heavy atom. The predicted octanol–water partition coefficient (Wildman–Crippen LogP) is 14.6. The van der Waals surface area contributed by atoms with E-state index in [0.717, 1.165) is 84.3 Å². The van der Waals surface area contributed by atoms with Gasteiger partial charge in [0.25, 0.3) is 0 Å². The molecule has 608 valence electrons. The number of carbonyl (C=O) groups excluding carboxylic acids is 3. The molecule has 3 aliphatic carbocycles. The summed E-state index contributed by atoms with van der Waals surface area (Å²) in [6.45, 7) is 6.34. The molecule has 0 aliphatic heterocycles. The number of halogens is 3. The maximum atomic E-state index is 14.3. The molecule has 0 bridgehead atoms. The number of hydrogen-bond acceptors (Lipinski definition) is 19. The highest BCUT2D eigenvalue weighted by Gasteiger charge is 2.33. The van der Waals surface area contributed by atoms with Crippen molar-refractivity contribution < 1.29 is 99.0 Å². The summed E-state index contributed by atoms with van der Waals surface area (Å²) in [6, 6.07) is 33.1. The zero-order valence-corrected chi connectivity index (χ0v) is 67.9. The number of amides is 3. The fraction of sp³-hybridized carbons (Fsp3) is 0.232. The van der Waals surface area contributed by atoms with Crippen molar-refractivity contribution in [1.29, 1.82) is 0 Å². The molecule has 3 aliphatic rings. The molecule has 6 aromatic carbocycles. The van der Waals surface area contributed by atoms with Gasteiger partial charge >= 0.3 is 22.8 Å². The Labute approximate surface area is 671 Å². The number of methoxy groups -OCH3 is 6. The Hall–Kier alpha value is -11.2. The quantitative estimate of drug-likeness (QED) is 0.0147. The normalized spacial score (nSPS) is 14.2. The van der Waals surface area contributed by atoms with Crippen molar-refractivity contribution in [3.63, 3.8) is 0 Å². The van der Waals surface area contributed by atoms with Crippen molar-refractivity contribution in [2.75, 3.05) is 76.7 Å². The minimum Gasteiger partial charge on any atom is -0.495 e. The van der Waals surface area contributed by atoms with Gasteiger partial charge < -0.3 is 84.4 Å². The number of carbonyl (C=O) groups is 3. The van der Waals surface area contributed by atoms with Gasteiger partial charge in [-0.25, -0.2) is 18.2 Å². The lowest BCUT2D eigenvalue weighted by atomic mass is 9.89. The number of ether oxygens (including phenoxy) is 6. The van der Waals surface area contributed by atoms with E-state index >= 15 is 0 Å². The average molecular weight is 1670 g/mol. The molecule has 27 nitrogen and oxygen atoms in total. The van der Waals surface area contributed by atoms with Gasteiger partial charge in [0, 0.05) is 43.4 Å². The van der Waals surface area contributed by atoms with Gasteiger partial charge in [-0.15, -0.1) is 11.8 Å². The Bertz CT molecular complexity index is 5420. The molecule has 0 fully saturated rings. The maximum Gasteiger partial charge on any atom is 0.344 e. The van der Waals surface area contributed by atoms with Gasteiger partial charge in [-0.2, -0.15) is 0 Å². The van der Waals surface area contributed by atoms with Crippen molar-refractivity contribution in [2.45, 2.75) is 70.4 Å². The van der Waals surface area contributed by atoms with Gasteiger partial charge in [0.05, 0.1) is 85.3 Å². The monoisotopic (exact) mass is 1670 g/mol. The highest BCUT2D eigenvalue weighted by atomic mass is 32.2. The summed E-state index contributed by atoms with van der Waals surface area (Å²) >= 11 is 0.948. The largest absolute Gasteiger partial charge is 0.495 e. The van der Waals surface area contributed by atoms with E-state index in [1.165, 1.54) is 97.6 Å². The molecule has 1 unspecified atom stereocenters. The molecule has 116 heavy (non-hydrogen) atoms. The lowest BCUT2D eigenvalue weighted by Gasteiger charge is -2.19. The van der Waals surface area contributed by atoms with E-state index < -0.39 is 52.5 Å². The van der Waals surface area contributed by atoms with Gasteiger partial charge in [0.2, 0.25) is 17.7 Å². The summed E-state index contributed by atoms with van der Waals surface area (Å²) in [4.78, 5) is 111. The van der Waals surface area contributed by atoms with Crippen LogP contribution in [0.25, 0.3) is 40.0 Å². The molecule has 3 amide bonds. The third-order valence-corrected chi connectivity index (χ3v) is 22.5. The fourth-order valence-electron chi connectivity index (χ4n) is 13.4. The zero-order chi connectivity index (χ0) is 83.8. The Kier molecular flexibility index (Phi) is 29.3. The van der Waals surface area contributed by atoms with Crippen LogP contribution in [-0.4, -0.2) is 128 Å². The highest BCUT2D eigenvalue weighted by Crippen LogP contribution is 2.52. The molecular weight excluding hydrogens is 1580 g/mol. The minimum absolute atomic E-state index is 0.00588. The second-order valence-corrected chi connectivity index (χ2v) is 33.0. The highest BCUT2D eigenvalue weighted by molar-refractivity contribution is 8.04. The van der Waals surface area contributed by atoms with Crippen LogP contribution in [0.3, 0.4) is 0 Å². The number of allylic oxidation sites excluding steroid dienone is 5.